The Morgan fingerprint density at radius 3 is 3.06 bits per heavy atom. The van der Waals surface area contributed by atoms with Gasteiger partial charge in [0.25, 0.3) is 0 Å². The number of primary sulfonamides is 1. The van der Waals surface area contributed by atoms with E-state index in [4.69, 9.17) is 5.14 Å². The third-order valence-electron chi connectivity index (χ3n) is 2.97. The zero-order valence-corrected chi connectivity index (χ0v) is 9.81. The molecule has 0 amide bonds. The molecule has 1 saturated heterocycles. The molecule has 0 bridgehead atoms. The lowest BCUT2D eigenvalue weighted by Gasteiger charge is -2.28. The number of nitrogens with one attached hydrogen (secondary N) is 1. The number of sulfonamides is 1. The third kappa shape index (κ3) is 1.72. The fourth-order valence-corrected chi connectivity index (χ4v) is 2.71. The molecule has 2 aliphatic rings. The van der Waals surface area contributed by atoms with Crippen LogP contribution in [0.15, 0.2) is 28.1 Å². The van der Waals surface area contributed by atoms with E-state index in [-0.39, 0.29) is 11.2 Å². The summed E-state index contributed by atoms with van der Waals surface area (Å²) in [7, 11) is -3.65. The monoisotopic (exact) mass is 252 g/mol. The van der Waals surface area contributed by atoms with E-state index in [2.05, 4.69) is 15.2 Å². The van der Waals surface area contributed by atoms with Crippen molar-refractivity contribution in [2.24, 2.45) is 10.1 Å². The quantitative estimate of drug-likeness (QED) is 0.702. The summed E-state index contributed by atoms with van der Waals surface area (Å²) in [5.41, 5.74) is 1.78. The van der Waals surface area contributed by atoms with E-state index in [1.807, 2.05) is 0 Å². The van der Waals surface area contributed by atoms with Gasteiger partial charge in [-0.15, -0.1) is 0 Å². The summed E-state index contributed by atoms with van der Waals surface area (Å²) in [6.45, 7) is 1.74. The predicted molar refractivity (Wildman–Crippen MR) is 64.5 cm³/mol. The molecule has 2 aliphatic heterocycles. The SMILES string of the molecule is NS(=O)(=O)c1ccc2c(c1)C=NC1NCCN21. The van der Waals surface area contributed by atoms with Crippen LogP contribution in [0.4, 0.5) is 5.69 Å². The van der Waals surface area contributed by atoms with Gasteiger partial charge in [-0.2, -0.15) is 0 Å². The average molecular weight is 252 g/mol. The van der Waals surface area contributed by atoms with Crippen molar-refractivity contribution in [2.45, 2.75) is 11.2 Å². The van der Waals surface area contributed by atoms with Crippen LogP contribution in [0.5, 0.6) is 0 Å². The summed E-state index contributed by atoms with van der Waals surface area (Å²) in [6.07, 6.45) is 1.66. The standard InChI is InChI=1S/C10H12N4O2S/c11-17(15,16)8-1-2-9-7(5-8)6-13-10-12-3-4-14(9)10/h1-2,5-6,10,12H,3-4H2,(H2,11,15,16). The molecule has 0 aromatic heterocycles. The van der Waals surface area contributed by atoms with Gasteiger partial charge in [0.1, 0.15) is 0 Å². The highest BCUT2D eigenvalue weighted by molar-refractivity contribution is 7.89. The second-order valence-corrected chi connectivity index (χ2v) is 5.63. The van der Waals surface area contributed by atoms with Crippen LogP contribution in [-0.4, -0.2) is 34.0 Å². The van der Waals surface area contributed by atoms with Crippen molar-refractivity contribution < 1.29 is 8.42 Å². The van der Waals surface area contributed by atoms with Gasteiger partial charge in [0.2, 0.25) is 10.0 Å². The first kappa shape index (κ1) is 10.7. The summed E-state index contributed by atoms with van der Waals surface area (Å²) < 4.78 is 22.5. The average Bonchev–Trinajstić information content (AvgIpc) is 2.75. The number of rotatable bonds is 1. The molecular formula is C10H12N4O2S. The summed E-state index contributed by atoms with van der Waals surface area (Å²) in [6, 6.07) is 4.87. The number of anilines is 1. The summed E-state index contributed by atoms with van der Waals surface area (Å²) >= 11 is 0. The molecule has 3 rings (SSSR count). The minimum Gasteiger partial charge on any atom is -0.336 e. The van der Waals surface area contributed by atoms with E-state index in [1.165, 1.54) is 6.07 Å². The molecular weight excluding hydrogens is 240 g/mol. The fraction of sp³-hybridized carbons (Fsp3) is 0.300. The van der Waals surface area contributed by atoms with Gasteiger partial charge >= 0.3 is 0 Å². The zero-order chi connectivity index (χ0) is 12.0. The van der Waals surface area contributed by atoms with Gasteiger partial charge in [0, 0.05) is 30.6 Å². The first-order valence-corrected chi connectivity index (χ1v) is 6.80. The van der Waals surface area contributed by atoms with E-state index in [1.54, 1.807) is 18.3 Å². The van der Waals surface area contributed by atoms with Crippen molar-refractivity contribution in [3.8, 4) is 0 Å². The summed E-state index contributed by atoms with van der Waals surface area (Å²) in [5, 5.41) is 8.33. The van der Waals surface area contributed by atoms with Gasteiger partial charge in [0.05, 0.1) is 4.90 Å². The Morgan fingerprint density at radius 1 is 1.47 bits per heavy atom. The second-order valence-electron chi connectivity index (χ2n) is 4.06. The molecule has 6 nitrogen and oxygen atoms in total. The van der Waals surface area contributed by atoms with E-state index >= 15 is 0 Å². The lowest BCUT2D eigenvalue weighted by Crippen LogP contribution is -2.36. The maximum Gasteiger partial charge on any atom is 0.238 e. The van der Waals surface area contributed by atoms with Crippen molar-refractivity contribution in [3.63, 3.8) is 0 Å². The molecule has 0 spiro atoms. The smallest absolute Gasteiger partial charge is 0.238 e. The highest BCUT2D eigenvalue weighted by Gasteiger charge is 2.28. The molecule has 0 saturated carbocycles. The van der Waals surface area contributed by atoms with E-state index in [0.29, 0.717) is 0 Å². The van der Waals surface area contributed by atoms with Crippen molar-refractivity contribution in [3.05, 3.63) is 23.8 Å². The molecule has 1 aromatic rings. The molecule has 17 heavy (non-hydrogen) atoms. The van der Waals surface area contributed by atoms with Crippen LogP contribution in [0.25, 0.3) is 0 Å². The minimum atomic E-state index is -3.65. The zero-order valence-electron chi connectivity index (χ0n) is 9.00. The Kier molecular flexibility index (Phi) is 2.22. The van der Waals surface area contributed by atoms with Gasteiger partial charge in [-0.1, -0.05) is 0 Å². The number of hydrogen-bond acceptors (Lipinski definition) is 5. The molecule has 0 aliphatic carbocycles. The Bertz CT molecular complexity index is 596. The maximum absolute atomic E-state index is 11.3. The van der Waals surface area contributed by atoms with Gasteiger partial charge in [0.15, 0.2) is 6.29 Å². The Balaban J connectivity index is 2.11. The topological polar surface area (TPSA) is 87.8 Å². The first-order valence-electron chi connectivity index (χ1n) is 5.26. The van der Waals surface area contributed by atoms with Gasteiger partial charge in [-0.05, 0) is 18.2 Å². The van der Waals surface area contributed by atoms with Crippen molar-refractivity contribution >= 4 is 21.9 Å². The Morgan fingerprint density at radius 2 is 2.29 bits per heavy atom. The normalized spacial score (nSPS) is 22.4. The summed E-state index contributed by atoms with van der Waals surface area (Å²) in [4.78, 5) is 6.53. The van der Waals surface area contributed by atoms with Crippen LogP contribution in [-0.2, 0) is 10.0 Å². The molecule has 7 heteroatoms. The molecule has 2 heterocycles. The van der Waals surface area contributed by atoms with Crippen LogP contribution >= 0.6 is 0 Å². The molecule has 1 unspecified atom stereocenters. The van der Waals surface area contributed by atoms with Gasteiger partial charge < -0.3 is 4.90 Å². The highest BCUT2D eigenvalue weighted by atomic mass is 32.2. The molecule has 3 N–H and O–H groups in total. The predicted octanol–water partition coefficient (Wildman–Crippen LogP) is -0.540. The number of hydrogen-bond donors (Lipinski definition) is 2. The minimum absolute atomic E-state index is 0.0252. The molecule has 1 fully saturated rings. The van der Waals surface area contributed by atoms with Crippen LogP contribution in [0, 0.1) is 0 Å². The van der Waals surface area contributed by atoms with E-state index < -0.39 is 10.0 Å². The van der Waals surface area contributed by atoms with Crippen LogP contribution < -0.4 is 15.4 Å². The first-order chi connectivity index (χ1) is 8.05. The lowest BCUT2D eigenvalue weighted by molar-refractivity contribution is 0.597. The Labute approximate surface area is 99.2 Å². The molecule has 1 aromatic carbocycles. The molecule has 0 radical (unpaired) electrons. The van der Waals surface area contributed by atoms with Crippen molar-refractivity contribution in [1.29, 1.82) is 0 Å². The third-order valence-corrected chi connectivity index (χ3v) is 3.88. The number of aliphatic imine (C=N–C) groups is 1. The maximum atomic E-state index is 11.3. The number of benzene rings is 1. The number of nitrogens with zero attached hydrogens (tertiary/aromatic N) is 2. The van der Waals surface area contributed by atoms with Gasteiger partial charge in [-0.3, -0.25) is 10.3 Å². The van der Waals surface area contributed by atoms with E-state index in [0.717, 1.165) is 24.3 Å². The second kappa shape index (κ2) is 3.52. The molecule has 1 atom stereocenters. The van der Waals surface area contributed by atoms with Crippen LogP contribution in [0.1, 0.15) is 5.56 Å². The largest absolute Gasteiger partial charge is 0.336 e. The van der Waals surface area contributed by atoms with Crippen LogP contribution in [0.2, 0.25) is 0 Å². The summed E-state index contributed by atoms with van der Waals surface area (Å²) in [5.74, 6) is 0. The lowest BCUT2D eigenvalue weighted by atomic mass is 10.1. The highest BCUT2D eigenvalue weighted by Crippen LogP contribution is 2.28. The van der Waals surface area contributed by atoms with Crippen LogP contribution in [0.3, 0.4) is 0 Å². The van der Waals surface area contributed by atoms with Crippen molar-refractivity contribution in [1.82, 2.24) is 5.32 Å². The Hall–Kier alpha value is -1.44. The fourth-order valence-electron chi connectivity index (χ4n) is 2.16. The van der Waals surface area contributed by atoms with Crippen molar-refractivity contribution in [2.75, 3.05) is 18.0 Å². The van der Waals surface area contributed by atoms with Gasteiger partial charge in [-0.25, -0.2) is 13.6 Å². The molecule has 90 valence electrons. The number of fused-ring (bicyclic) bond motifs is 3. The van der Waals surface area contributed by atoms with E-state index in [9.17, 15) is 8.42 Å². The number of nitrogens with two attached hydrogens (primary N) is 1.